The van der Waals surface area contributed by atoms with Crippen LogP contribution in [0.3, 0.4) is 0 Å². The number of carbonyl (C=O) groups excluding carboxylic acids is 1. The first-order valence-electron chi connectivity index (χ1n) is 21.9. The van der Waals surface area contributed by atoms with Crippen LogP contribution in [-0.2, 0) is 24.1 Å². The molecule has 0 amide bonds. The van der Waals surface area contributed by atoms with E-state index >= 15 is 0 Å². The fourth-order valence-corrected chi connectivity index (χ4v) is 8.95. The molecular weight excluding hydrogens is 775 g/mol. The molecule has 9 nitrogen and oxygen atoms in total. The van der Waals surface area contributed by atoms with Crippen LogP contribution in [0.25, 0.3) is 0 Å². The van der Waals surface area contributed by atoms with Crippen molar-refractivity contribution in [3.05, 3.63) is 160 Å². The molecule has 0 aromatic heterocycles. The number of aromatic hydroxyl groups is 2. The van der Waals surface area contributed by atoms with Gasteiger partial charge in [-0.3, -0.25) is 9.79 Å². The van der Waals surface area contributed by atoms with Gasteiger partial charge in [-0.05, 0) is 139 Å². The van der Waals surface area contributed by atoms with Gasteiger partial charge < -0.3 is 36.6 Å². The van der Waals surface area contributed by atoms with E-state index in [4.69, 9.17) is 16.2 Å². The first kappa shape index (κ1) is 44.1. The summed E-state index contributed by atoms with van der Waals surface area (Å²) in [5, 5.41) is 46.2. The minimum absolute atomic E-state index is 0.00164. The van der Waals surface area contributed by atoms with Crippen LogP contribution in [0.5, 0.6) is 17.2 Å². The van der Waals surface area contributed by atoms with Crippen molar-refractivity contribution >= 4 is 11.5 Å². The number of ketones is 1. The molecule has 1 heterocycles. The summed E-state index contributed by atoms with van der Waals surface area (Å²) in [4.78, 5) is 17.6. The zero-order valence-corrected chi connectivity index (χ0v) is 35.6. The summed E-state index contributed by atoms with van der Waals surface area (Å²) in [6.07, 6.45) is 14.3. The molecule has 4 atom stereocenters. The topological polar surface area (TPSA) is 174 Å². The van der Waals surface area contributed by atoms with E-state index < -0.39 is 12.1 Å². The molecule has 0 bridgehead atoms. The quantitative estimate of drug-likeness (QED) is 0.0403. The second-order valence-corrected chi connectivity index (χ2v) is 17.4. The summed E-state index contributed by atoms with van der Waals surface area (Å²) < 4.78 is 6.10. The SMILES string of the molecule is C[C@H](CCc1ccccc1)CC[C@]1(/C=C/C(=O)CCc2ccc(O)c(OCCc3ccc(O)c([C@H]4CC([O-])=C5C=CN=C5CC#Cc5cc(C(N)N)ccc54)c3)c2)CC[C@H](O)C1. The van der Waals surface area contributed by atoms with Crippen LogP contribution < -0.4 is 21.3 Å². The van der Waals surface area contributed by atoms with Crippen molar-refractivity contribution in [1.29, 1.82) is 0 Å². The predicted octanol–water partition coefficient (Wildman–Crippen LogP) is 8.13. The van der Waals surface area contributed by atoms with Crippen molar-refractivity contribution in [2.45, 2.75) is 102 Å². The maximum Gasteiger partial charge on any atom is 0.161 e. The molecule has 7 N–H and O–H groups in total. The second kappa shape index (κ2) is 20.3. The molecule has 0 radical (unpaired) electrons. The average molecular weight is 833 g/mol. The van der Waals surface area contributed by atoms with Gasteiger partial charge >= 0.3 is 0 Å². The Balaban J connectivity index is 0.976. The number of nitrogens with zero attached hydrogens (tertiary/aromatic N) is 1. The molecule has 0 spiro atoms. The first-order valence-corrected chi connectivity index (χ1v) is 21.9. The largest absolute Gasteiger partial charge is 0.875 e. The maximum atomic E-state index is 13.7. The van der Waals surface area contributed by atoms with Crippen LogP contribution in [0.1, 0.15) is 116 Å². The molecule has 0 saturated heterocycles. The summed E-state index contributed by atoms with van der Waals surface area (Å²) in [7, 11) is 0. The minimum atomic E-state index is -0.701. The number of benzene rings is 4. The normalized spacial score (nSPS) is 20.1. The third-order valence-electron chi connectivity index (χ3n) is 12.7. The zero-order valence-electron chi connectivity index (χ0n) is 35.6. The number of phenolic OH excluding ortho intramolecular Hbond substituents is 2. The van der Waals surface area contributed by atoms with E-state index in [1.54, 1.807) is 42.6 Å². The lowest BCUT2D eigenvalue weighted by molar-refractivity contribution is -0.307. The number of carbonyl (C=O) groups is 1. The predicted molar refractivity (Wildman–Crippen MR) is 242 cm³/mol. The Labute approximate surface area is 365 Å². The molecule has 7 rings (SSSR count). The maximum absolute atomic E-state index is 13.7. The van der Waals surface area contributed by atoms with Gasteiger partial charge in [-0.1, -0.05) is 85.5 Å². The van der Waals surface area contributed by atoms with E-state index in [-0.39, 0.29) is 47.6 Å². The van der Waals surface area contributed by atoms with Gasteiger partial charge in [0.2, 0.25) is 0 Å². The molecule has 2 aliphatic carbocycles. The number of nitrogens with two attached hydrogens (primary N) is 2. The lowest BCUT2D eigenvalue weighted by Gasteiger charge is -2.27. The zero-order chi connectivity index (χ0) is 43.6. The number of ether oxygens (including phenoxy) is 1. The van der Waals surface area contributed by atoms with Gasteiger partial charge in [0.15, 0.2) is 17.3 Å². The molecular formula is C53H58N3O6-. The summed E-state index contributed by atoms with van der Waals surface area (Å²) in [5.74, 6) is 6.76. The Bertz CT molecular complexity index is 2420. The molecule has 4 aromatic carbocycles. The van der Waals surface area contributed by atoms with Crippen LogP contribution in [-0.4, -0.2) is 39.5 Å². The first-order chi connectivity index (χ1) is 29.9. The molecule has 1 aliphatic heterocycles. The number of aryl methyl sites for hydroxylation is 2. The lowest BCUT2D eigenvalue weighted by Crippen LogP contribution is -2.21. The Morgan fingerprint density at radius 3 is 2.52 bits per heavy atom. The molecule has 322 valence electrons. The number of rotatable bonds is 17. The van der Waals surface area contributed by atoms with Crippen molar-refractivity contribution in [3.8, 4) is 29.1 Å². The van der Waals surface area contributed by atoms with Crippen LogP contribution in [0.15, 0.2) is 126 Å². The van der Waals surface area contributed by atoms with Crippen LogP contribution >= 0.6 is 0 Å². The lowest BCUT2D eigenvalue weighted by atomic mass is 9.78. The van der Waals surface area contributed by atoms with E-state index in [9.17, 15) is 25.2 Å². The van der Waals surface area contributed by atoms with Gasteiger partial charge in [0.05, 0.1) is 31.0 Å². The summed E-state index contributed by atoms with van der Waals surface area (Å²) in [6.45, 7) is 2.53. The van der Waals surface area contributed by atoms with Gasteiger partial charge in [0.1, 0.15) is 5.75 Å². The summed E-state index contributed by atoms with van der Waals surface area (Å²) >= 11 is 0. The highest BCUT2D eigenvalue weighted by Crippen LogP contribution is 2.45. The number of allylic oxidation sites excluding steroid dienone is 5. The molecule has 1 fully saturated rings. The Kier molecular flexibility index (Phi) is 14.5. The smallest absolute Gasteiger partial charge is 0.161 e. The molecule has 0 unspecified atom stereocenters. The average Bonchev–Trinajstić information content (AvgIpc) is 3.91. The Morgan fingerprint density at radius 2 is 1.74 bits per heavy atom. The van der Waals surface area contributed by atoms with Crippen molar-refractivity contribution in [1.82, 2.24) is 0 Å². The fourth-order valence-electron chi connectivity index (χ4n) is 8.95. The van der Waals surface area contributed by atoms with Crippen LogP contribution in [0.2, 0.25) is 0 Å². The molecule has 3 aliphatic rings. The van der Waals surface area contributed by atoms with Crippen molar-refractivity contribution in [2.75, 3.05) is 6.61 Å². The number of fused-ring (bicyclic) bond motifs is 2. The van der Waals surface area contributed by atoms with Crippen molar-refractivity contribution in [3.63, 3.8) is 0 Å². The number of hydrogen-bond acceptors (Lipinski definition) is 9. The van der Waals surface area contributed by atoms with Crippen LogP contribution in [0.4, 0.5) is 0 Å². The number of phenols is 2. The molecule has 4 aromatic rings. The number of hydrogen-bond donors (Lipinski definition) is 5. The molecule has 9 heteroatoms. The van der Waals surface area contributed by atoms with E-state index in [0.29, 0.717) is 71.7 Å². The highest BCUT2D eigenvalue weighted by atomic mass is 16.5. The number of aliphatic hydroxyl groups excluding tert-OH is 1. The third kappa shape index (κ3) is 11.3. The van der Waals surface area contributed by atoms with E-state index in [1.807, 2.05) is 36.4 Å². The summed E-state index contributed by atoms with van der Waals surface area (Å²) in [6, 6.07) is 26.6. The van der Waals surface area contributed by atoms with Crippen LogP contribution in [0, 0.1) is 23.2 Å². The number of aliphatic hydroxyl groups is 1. The van der Waals surface area contributed by atoms with Gasteiger partial charge in [0.25, 0.3) is 0 Å². The monoisotopic (exact) mass is 832 g/mol. The van der Waals surface area contributed by atoms with Gasteiger partial charge in [-0.25, -0.2) is 0 Å². The molecule has 1 saturated carbocycles. The van der Waals surface area contributed by atoms with Gasteiger partial charge in [-0.15, -0.1) is 5.76 Å². The molecule has 62 heavy (non-hydrogen) atoms. The second-order valence-electron chi connectivity index (χ2n) is 17.4. The Morgan fingerprint density at radius 1 is 0.952 bits per heavy atom. The van der Waals surface area contributed by atoms with Gasteiger partial charge in [0, 0.05) is 36.1 Å². The fraction of sp³-hybridized carbons (Fsp3) is 0.358. The minimum Gasteiger partial charge on any atom is -0.875 e. The highest BCUT2D eigenvalue weighted by Gasteiger charge is 2.36. The van der Waals surface area contributed by atoms with Gasteiger partial charge in [-0.2, -0.15) is 0 Å². The third-order valence-corrected chi connectivity index (χ3v) is 12.7. The highest BCUT2D eigenvalue weighted by molar-refractivity contribution is 6.06. The number of aliphatic imine (C=N–C) groups is 1. The van der Waals surface area contributed by atoms with Crippen molar-refractivity contribution < 1.29 is 30.0 Å². The standard InChI is InChI=1S/C53H59N3O6/c1-35(10-11-36-6-3-2-4-7-36)20-25-53(27-22-42(58)34-53)26-21-41(57)16-12-37-14-19-49(60)51(31-37)62-29-24-38-13-18-48(59)46(30-38)45-33-50(61)44-23-28-56-47(44)9-5-8-39-32-40(52(54)55)15-17-43(39)45/h2-4,6-7,13-15,17-19,21,23,26,28,30-32,35,42,45,52,58-61H,9-12,16,20,22,24-25,27,29,33-34,54-55H2,1H3/p-1/b26-21+,50-44?/t35-,42+,45+,53+/m1/s1. The van der Waals surface area contributed by atoms with E-state index in [2.05, 4.69) is 54.1 Å². The van der Waals surface area contributed by atoms with Crippen molar-refractivity contribution in [2.24, 2.45) is 27.8 Å². The summed E-state index contributed by atoms with van der Waals surface area (Å²) in [5.41, 5.74) is 18.9. The van der Waals surface area contributed by atoms with E-state index in [1.165, 1.54) is 5.56 Å². The Hall–Kier alpha value is -5.92. The van der Waals surface area contributed by atoms with E-state index in [0.717, 1.165) is 55.2 Å².